The van der Waals surface area contributed by atoms with Gasteiger partial charge in [0.25, 0.3) is 0 Å². The first kappa shape index (κ1) is 16.5. The van der Waals surface area contributed by atoms with Crippen LogP contribution in [0.5, 0.6) is 0 Å². The van der Waals surface area contributed by atoms with E-state index in [1.165, 1.54) is 0 Å². The number of carbonyl (C=O) groups is 1. The predicted molar refractivity (Wildman–Crippen MR) is 93.6 cm³/mol. The molecule has 0 saturated carbocycles. The van der Waals surface area contributed by atoms with Crippen molar-refractivity contribution in [2.24, 2.45) is 0 Å². The highest BCUT2D eigenvalue weighted by Crippen LogP contribution is 2.16. The average molecular weight is 327 g/mol. The molecular weight excluding hydrogens is 302 g/mol. The smallest absolute Gasteiger partial charge is 0.317 e. The predicted octanol–water partition coefficient (Wildman–Crippen LogP) is 1.97. The van der Waals surface area contributed by atoms with E-state index in [4.69, 9.17) is 0 Å². The zero-order valence-corrected chi connectivity index (χ0v) is 14.1. The summed E-state index contributed by atoms with van der Waals surface area (Å²) in [7, 11) is 2.10. The summed E-state index contributed by atoms with van der Waals surface area (Å²) < 4.78 is 1.99. The van der Waals surface area contributed by atoms with Gasteiger partial charge in [0.1, 0.15) is 0 Å². The molecule has 1 aliphatic heterocycles. The molecule has 0 spiro atoms. The third kappa shape index (κ3) is 4.35. The molecule has 0 radical (unpaired) electrons. The zero-order valence-electron chi connectivity index (χ0n) is 14.1. The standard InChI is InChI=1S/C18H25N5O/c1-21-9-5-10-23(13-12-21)18(24)20-17(14-22-11-8-19-15-22)16-6-3-2-4-7-16/h2-4,6-8,11,15,17H,5,9-10,12-14H2,1H3,(H,20,24). The molecule has 1 N–H and O–H groups in total. The first-order valence-electron chi connectivity index (χ1n) is 8.47. The van der Waals surface area contributed by atoms with Crippen molar-refractivity contribution in [3.05, 3.63) is 54.6 Å². The van der Waals surface area contributed by atoms with Crippen LogP contribution in [0, 0.1) is 0 Å². The van der Waals surface area contributed by atoms with Crippen LogP contribution in [0.1, 0.15) is 18.0 Å². The van der Waals surface area contributed by atoms with Crippen LogP contribution in [0.2, 0.25) is 0 Å². The maximum Gasteiger partial charge on any atom is 0.317 e. The second kappa shape index (κ2) is 7.97. The molecule has 2 heterocycles. The Labute approximate surface area is 143 Å². The second-order valence-corrected chi connectivity index (χ2v) is 6.32. The lowest BCUT2D eigenvalue weighted by atomic mass is 10.1. The van der Waals surface area contributed by atoms with E-state index >= 15 is 0 Å². The first-order valence-corrected chi connectivity index (χ1v) is 8.47. The lowest BCUT2D eigenvalue weighted by molar-refractivity contribution is 0.194. The minimum Gasteiger partial charge on any atom is -0.335 e. The summed E-state index contributed by atoms with van der Waals surface area (Å²) >= 11 is 0. The van der Waals surface area contributed by atoms with E-state index in [2.05, 4.69) is 34.4 Å². The van der Waals surface area contributed by atoms with Gasteiger partial charge in [-0.05, 0) is 25.6 Å². The average Bonchev–Trinajstić information content (AvgIpc) is 3.01. The van der Waals surface area contributed by atoms with Crippen molar-refractivity contribution in [1.29, 1.82) is 0 Å². The third-order valence-electron chi connectivity index (χ3n) is 4.46. The molecule has 1 aliphatic rings. The number of likely N-dealkylation sites (N-methyl/N-ethyl adjacent to an activating group) is 1. The van der Waals surface area contributed by atoms with Crippen molar-refractivity contribution in [3.8, 4) is 0 Å². The first-order chi connectivity index (χ1) is 11.7. The van der Waals surface area contributed by atoms with Crippen molar-refractivity contribution in [2.45, 2.75) is 19.0 Å². The molecule has 0 bridgehead atoms. The van der Waals surface area contributed by atoms with Crippen LogP contribution in [-0.4, -0.2) is 58.6 Å². The minimum absolute atomic E-state index is 0.0132. The molecule has 1 saturated heterocycles. The van der Waals surface area contributed by atoms with E-state index in [0.717, 1.165) is 38.2 Å². The Morgan fingerprint density at radius 3 is 2.79 bits per heavy atom. The number of hydrogen-bond acceptors (Lipinski definition) is 3. The van der Waals surface area contributed by atoms with Gasteiger partial charge in [-0.2, -0.15) is 0 Å². The number of benzene rings is 1. The summed E-state index contributed by atoms with van der Waals surface area (Å²) in [6, 6.07) is 10.0. The van der Waals surface area contributed by atoms with Crippen LogP contribution >= 0.6 is 0 Å². The van der Waals surface area contributed by atoms with Crippen molar-refractivity contribution in [1.82, 2.24) is 24.7 Å². The van der Waals surface area contributed by atoms with Gasteiger partial charge in [-0.25, -0.2) is 9.78 Å². The Morgan fingerprint density at radius 2 is 2.04 bits per heavy atom. The number of amides is 2. The molecule has 0 aliphatic carbocycles. The topological polar surface area (TPSA) is 53.4 Å². The van der Waals surface area contributed by atoms with Crippen molar-refractivity contribution in [2.75, 3.05) is 33.2 Å². The Hall–Kier alpha value is -2.34. The Balaban J connectivity index is 1.70. The normalized spacial score (nSPS) is 17.3. The number of carbonyl (C=O) groups excluding carboxylic acids is 1. The SMILES string of the molecule is CN1CCCN(C(=O)NC(Cn2ccnc2)c2ccccc2)CC1. The maximum atomic E-state index is 12.7. The summed E-state index contributed by atoms with van der Waals surface area (Å²) in [5.41, 5.74) is 1.10. The molecule has 128 valence electrons. The third-order valence-corrected chi connectivity index (χ3v) is 4.46. The number of imidazole rings is 1. The molecule has 2 aromatic rings. The molecule has 1 aromatic carbocycles. The number of aromatic nitrogens is 2. The fraction of sp³-hybridized carbons (Fsp3) is 0.444. The van der Waals surface area contributed by atoms with Gasteiger partial charge in [-0.3, -0.25) is 0 Å². The van der Waals surface area contributed by atoms with Gasteiger partial charge < -0.3 is 19.7 Å². The highest BCUT2D eigenvalue weighted by molar-refractivity contribution is 5.74. The summed E-state index contributed by atoms with van der Waals surface area (Å²) in [4.78, 5) is 21.0. The van der Waals surface area contributed by atoms with Gasteiger partial charge >= 0.3 is 6.03 Å². The monoisotopic (exact) mass is 327 g/mol. The lowest BCUT2D eigenvalue weighted by Crippen LogP contribution is -2.44. The van der Waals surface area contributed by atoms with Crippen molar-refractivity contribution >= 4 is 6.03 Å². The number of rotatable bonds is 4. The van der Waals surface area contributed by atoms with Crippen LogP contribution in [-0.2, 0) is 6.54 Å². The Bertz CT molecular complexity index is 628. The van der Waals surface area contributed by atoms with E-state index in [1.807, 2.05) is 33.9 Å². The summed E-state index contributed by atoms with van der Waals surface area (Å²) in [6.07, 6.45) is 6.47. The number of nitrogens with one attached hydrogen (secondary N) is 1. The lowest BCUT2D eigenvalue weighted by Gasteiger charge is -2.26. The van der Waals surface area contributed by atoms with E-state index in [-0.39, 0.29) is 12.1 Å². The fourth-order valence-electron chi connectivity index (χ4n) is 3.02. The highest BCUT2D eigenvalue weighted by Gasteiger charge is 2.21. The minimum atomic E-state index is -0.0751. The van der Waals surface area contributed by atoms with Crippen LogP contribution in [0.25, 0.3) is 0 Å². The summed E-state index contributed by atoms with van der Waals surface area (Å²) in [5.74, 6) is 0. The maximum absolute atomic E-state index is 12.7. The van der Waals surface area contributed by atoms with E-state index in [9.17, 15) is 4.79 Å². The van der Waals surface area contributed by atoms with Gasteiger partial charge in [0, 0.05) is 38.6 Å². The molecule has 3 rings (SSSR count). The number of nitrogens with zero attached hydrogens (tertiary/aromatic N) is 4. The fourth-order valence-corrected chi connectivity index (χ4v) is 3.02. The molecule has 1 atom stereocenters. The second-order valence-electron chi connectivity index (χ2n) is 6.32. The van der Waals surface area contributed by atoms with Gasteiger partial charge in [-0.15, -0.1) is 0 Å². The summed E-state index contributed by atoms with van der Waals surface area (Å²) in [6.45, 7) is 4.22. The molecule has 2 amide bonds. The van der Waals surface area contributed by atoms with E-state index in [0.29, 0.717) is 6.54 Å². The van der Waals surface area contributed by atoms with Crippen molar-refractivity contribution < 1.29 is 4.79 Å². The van der Waals surface area contributed by atoms with Gasteiger partial charge in [0.15, 0.2) is 0 Å². The largest absolute Gasteiger partial charge is 0.335 e. The van der Waals surface area contributed by atoms with E-state index < -0.39 is 0 Å². The Morgan fingerprint density at radius 1 is 1.21 bits per heavy atom. The van der Waals surface area contributed by atoms with Crippen LogP contribution in [0.3, 0.4) is 0 Å². The van der Waals surface area contributed by atoms with Gasteiger partial charge in [0.05, 0.1) is 12.4 Å². The molecule has 6 heteroatoms. The number of hydrogen-bond donors (Lipinski definition) is 1. The van der Waals surface area contributed by atoms with Gasteiger partial charge in [-0.1, -0.05) is 30.3 Å². The molecule has 6 nitrogen and oxygen atoms in total. The Kier molecular flexibility index (Phi) is 5.48. The molecule has 1 unspecified atom stereocenters. The molecule has 24 heavy (non-hydrogen) atoms. The molecular formula is C18H25N5O. The van der Waals surface area contributed by atoms with E-state index in [1.54, 1.807) is 12.5 Å². The summed E-state index contributed by atoms with van der Waals surface area (Å²) in [5, 5.41) is 3.20. The zero-order chi connectivity index (χ0) is 16.8. The quantitative estimate of drug-likeness (QED) is 0.934. The number of urea groups is 1. The van der Waals surface area contributed by atoms with Crippen LogP contribution in [0.15, 0.2) is 49.1 Å². The van der Waals surface area contributed by atoms with Crippen LogP contribution in [0.4, 0.5) is 4.79 Å². The van der Waals surface area contributed by atoms with Crippen LogP contribution < -0.4 is 5.32 Å². The highest BCUT2D eigenvalue weighted by atomic mass is 16.2. The van der Waals surface area contributed by atoms with Crippen molar-refractivity contribution in [3.63, 3.8) is 0 Å². The van der Waals surface area contributed by atoms with Gasteiger partial charge in [0.2, 0.25) is 0 Å². The molecule has 1 aromatic heterocycles. The molecule has 1 fully saturated rings.